The van der Waals surface area contributed by atoms with Crippen molar-refractivity contribution in [3.8, 4) is 5.88 Å². The Morgan fingerprint density at radius 2 is 2.00 bits per heavy atom. The minimum absolute atomic E-state index is 0.00556. The minimum Gasteiger partial charge on any atom is -0.480 e. The van der Waals surface area contributed by atoms with E-state index in [0.29, 0.717) is 0 Å². The number of nitrogens with zero attached hydrogens (tertiary/aromatic N) is 1. The number of nitrogens with one attached hydrogen (secondary N) is 1. The predicted molar refractivity (Wildman–Crippen MR) is 98.7 cm³/mol. The molecule has 0 bridgehead atoms. The summed E-state index contributed by atoms with van der Waals surface area (Å²) in [7, 11) is 1.34. The molecule has 0 amide bonds. The van der Waals surface area contributed by atoms with E-state index < -0.39 is 11.8 Å². The fourth-order valence-electron chi connectivity index (χ4n) is 1.95. The number of ketones is 1. The first-order chi connectivity index (χ1) is 12.3. The van der Waals surface area contributed by atoms with Crippen LogP contribution in [0.5, 0.6) is 5.88 Å². The van der Waals surface area contributed by atoms with Crippen LogP contribution in [0.4, 0.5) is 0 Å². The molecule has 144 valence electrons. The molecule has 9 heteroatoms. The second-order valence-electron chi connectivity index (χ2n) is 5.62. The summed E-state index contributed by atoms with van der Waals surface area (Å²) in [6, 6.07) is 0.957. The van der Waals surface area contributed by atoms with E-state index in [9.17, 15) is 14.7 Å². The first kappa shape index (κ1) is 22.2. The van der Waals surface area contributed by atoms with Gasteiger partial charge in [-0.25, -0.2) is 9.78 Å². The predicted octanol–water partition coefficient (Wildman–Crippen LogP) is 2.63. The van der Waals surface area contributed by atoms with Gasteiger partial charge in [0.15, 0.2) is 0 Å². The average Bonchev–Trinajstić information content (AvgIpc) is 2.58. The van der Waals surface area contributed by atoms with Crippen LogP contribution in [0.15, 0.2) is 17.8 Å². The number of aromatic nitrogens is 1. The Balaban J connectivity index is 3.30. The van der Waals surface area contributed by atoms with Crippen molar-refractivity contribution in [3.05, 3.63) is 33.6 Å². The summed E-state index contributed by atoms with van der Waals surface area (Å²) in [5, 5.41) is 12.4. The van der Waals surface area contributed by atoms with Crippen molar-refractivity contribution in [2.75, 3.05) is 20.3 Å². The molecular formula is C17H22Cl2N2O5. The number of carbonyl (C=O) groups is 2. The van der Waals surface area contributed by atoms with Gasteiger partial charge >= 0.3 is 5.97 Å². The maximum atomic E-state index is 12.8. The number of hydrogen-bond acceptors (Lipinski definition) is 7. The van der Waals surface area contributed by atoms with Crippen LogP contribution >= 0.6 is 23.2 Å². The van der Waals surface area contributed by atoms with Crippen molar-refractivity contribution in [1.82, 2.24) is 10.3 Å². The summed E-state index contributed by atoms with van der Waals surface area (Å²) in [6.07, 6.45) is 1.21. The van der Waals surface area contributed by atoms with Crippen molar-refractivity contribution in [1.29, 1.82) is 0 Å². The standard InChI is InChI=1S/C17H22Cl2N2O5/c1-5-26-17(24)10(7-20-13(8-22)9(2)3)15(23)14-11(18)6-12(19)16(21-14)25-4/h6-7,9,13,20,22H,5,8H2,1-4H3/b10-7-/t13-/m1/s1. The van der Waals surface area contributed by atoms with E-state index in [-0.39, 0.29) is 52.4 Å². The Hall–Kier alpha value is -1.83. The molecule has 2 N–H and O–H groups in total. The molecule has 1 aromatic rings. The van der Waals surface area contributed by atoms with Crippen molar-refractivity contribution in [2.45, 2.75) is 26.8 Å². The number of rotatable bonds is 9. The second kappa shape index (κ2) is 10.4. The van der Waals surface area contributed by atoms with Gasteiger partial charge in [0, 0.05) is 6.20 Å². The average molecular weight is 405 g/mol. The topological polar surface area (TPSA) is 97.8 Å². The molecule has 0 aliphatic carbocycles. The highest BCUT2D eigenvalue weighted by molar-refractivity contribution is 6.38. The highest BCUT2D eigenvalue weighted by atomic mass is 35.5. The smallest absolute Gasteiger partial charge is 0.343 e. The quantitative estimate of drug-likeness (QED) is 0.214. The lowest BCUT2D eigenvalue weighted by Gasteiger charge is -2.19. The second-order valence-corrected chi connectivity index (χ2v) is 6.43. The number of methoxy groups -OCH3 is 1. The molecule has 0 fully saturated rings. The molecule has 0 aromatic carbocycles. The van der Waals surface area contributed by atoms with Gasteiger partial charge in [-0.3, -0.25) is 4.79 Å². The van der Waals surface area contributed by atoms with Crippen molar-refractivity contribution >= 4 is 35.0 Å². The lowest BCUT2D eigenvalue weighted by molar-refractivity contribution is -0.138. The zero-order chi connectivity index (χ0) is 19.9. The third kappa shape index (κ3) is 5.59. The molecule has 0 radical (unpaired) electrons. The van der Waals surface area contributed by atoms with Gasteiger partial charge in [0.25, 0.3) is 0 Å². The van der Waals surface area contributed by atoms with Crippen LogP contribution in [-0.4, -0.2) is 48.2 Å². The molecule has 1 atom stereocenters. The number of esters is 1. The Kier molecular flexibility index (Phi) is 8.84. The minimum atomic E-state index is -0.836. The van der Waals surface area contributed by atoms with Crippen LogP contribution in [0.25, 0.3) is 0 Å². The van der Waals surface area contributed by atoms with Crippen LogP contribution in [0.1, 0.15) is 31.3 Å². The van der Waals surface area contributed by atoms with Gasteiger partial charge in [0.1, 0.15) is 16.3 Å². The number of carbonyl (C=O) groups excluding carboxylic acids is 2. The maximum absolute atomic E-state index is 12.8. The SMILES string of the molecule is CCOC(=O)/C(=C\N[C@H](CO)C(C)C)C(=O)c1nc(OC)c(Cl)cc1Cl. The zero-order valence-corrected chi connectivity index (χ0v) is 16.5. The summed E-state index contributed by atoms with van der Waals surface area (Å²) < 4.78 is 9.92. The summed E-state index contributed by atoms with van der Waals surface area (Å²) in [4.78, 5) is 29.0. The molecule has 26 heavy (non-hydrogen) atoms. The molecule has 0 aliphatic rings. The van der Waals surface area contributed by atoms with Crippen LogP contribution < -0.4 is 10.1 Å². The van der Waals surface area contributed by atoms with Gasteiger partial charge in [0.2, 0.25) is 11.7 Å². The van der Waals surface area contributed by atoms with Gasteiger partial charge in [-0.2, -0.15) is 0 Å². The van der Waals surface area contributed by atoms with E-state index in [2.05, 4.69) is 10.3 Å². The van der Waals surface area contributed by atoms with Crippen molar-refractivity contribution in [2.24, 2.45) is 5.92 Å². The Morgan fingerprint density at radius 3 is 2.50 bits per heavy atom. The normalized spacial score (nSPS) is 12.7. The molecule has 7 nitrogen and oxygen atoms in total. The van der Waals surface area contributed by atoms with Crippen LogP contribution in [0.2, 0.25) is 10.0 Å². The third-order valence-electron chi connectivity index (χ3n) is 3.49. The Labute approximate surface area is 162 Å². The largest absolute Gasteiger partial charge is 0.480 e. The number of pyridine rings is 1. The first-order valence-electron chi connectivity index (χ1n) is 7.95. The maximum Gasteiger partial charge on any atom is 0.343 e. The molecule has 0 saturated carbocycles. The third-order valence-corrected chi connectivity index (χ3v) is 4.05. The van der Waals surface area contributed by atoms with E-state index in [1.54, 1.807) is 6.92 Å². The highest BCUT2D eigenvalue weighted by Crippen LogP contribution is 2.29. The number of ether oxygens (including phenoxy) is 2. The van der Waals surface area contributed by atoms with E-state index in [4.69, 9.17) is 32.7 Å². The fraction of sp³-hybridized carbons (Fsp3) is 0.471. The Bertz CT molecular complexity index is 692. The van der Waals surface area contributed by atoms with Gasteiger partial charge < -0.3 is 19.9 Å². The summed E-state index contributed by atoms with van der Waals surface area (Å²) in [5.74, 6) is -1.52. The number of aliphatic hydroxyl groups is 1. The molecule has 1 rings (SSSR count). The molecule has 1 heterocycles. The van der Waals surface area contributed by atoms with Crippen LogP contribution in [0, 0.1) is 5.92 Å². The lowest BCUT2D eigenvalue weighted by Crippen LogP contribution is -2.34. The zero-order valence-electron chi connectivity index (χ0n) is 15.0. The molecule has 0 spiro atoms. The molecular weight excluding hydrogens is 383 g/mol. The fourth-order valence-corrected chi connectivity index (χ4v) is 2.47. The van der Waals surface area contributed by atoms with E-state index in [1.165, 1.54) is 19.4 Å². The van der Waals surface area contributed by atoms with Gasteiger partial charge in [-0.15, -0.1) is 0 Å². The lowest BCUT2D eigenvalue weighted by atomic mass is 10.0. The van der Waals surface area contributed by atoms with Crippen LogP contribution in [0.3, 0.4) is 0 Å². The summed E-state index contributed by atoms with van der Waals surface area (Å²) in [5.41, 5.74) is -0.496. The van der Waals surface area contributed by atoms with Gasteiger partial charge in [-0.1, -0.05) is 37.0 Å². The molecule has 0 unspecified atom stereocenters. The number of hydrogen-bond donors (Lipinski definition) is 2. The number of halogens is 2. The van der Waals surface area contributed by atoms with E-state index >= 15 is 0 Å². The van der Waals surface area contributed by atoms with Crippen LogP contribution in [-0.2, 0) is 9.53 Å². The molecule has 1 aromatic heterocycles. The highest BCUT2D eigenvalue weighted by Gasteiger charge is 2.26. The van der Waals surface area contributed by atoms with Crippen molar-refractivity contribution < 1.29 is 24.2 Å². The Morgan fingerprint density at radius 1 is 1.35 bits per heavy atom. The molecule has 0 aliphatic heterocycles. The summed E-state index contributed by atoms with van der Waals surface area (Å²) >= 11 is 12.0. The summed E-state index contributed by atoms with van der Waals surface area (Å²) in [6.45, 7) is 5.30. The van der Waals surface area contributed by atoms with Gasteiger partial charge in [-0.05, 0) is 18.9 Å². The number of aliphatic hydroxyl groups excluding tert-OH is 1. The monoisotopic (exact) mass is 404 g/mol. The van der Waals surface area contributed by atoms with E-state index in [0.717, 1.165) is 0 Å². The number of Topliss-reactive ketones (excluding diaryl/α,β-unsaturated/α-hetero) is 1. The van der Waals surface area contributed by atoms with Gasteiger partial charge in [0.05, 0.1) is 31.4 Å². The molecule has 0 saturated heterocycles. The first-order valence-corrected chi connectivity index (χ1v) is 8.71. The van der Waals surface area contributed by atoms with E-state index in [1.807, 2.05) is 13.8 Å². The van der Waals surface area contributed by atoms with Crippen molar-refractivity contribution in [3.63, 3.8) is 0 Å².